The minimum Gasteiger partial charge on any atom is -0.497 e. The Kier molecular flexibility index (Phi) is 4.50. The molecule has 1 atom stereocenters. The molecule has 126 valence electrons. The molecule has 7 heteroatoms. The molecule has 0 unspecified atom stereocenters. The number of rotatable bonds is 4. The summed E-state index contributed by atoms with van der Waals surface area (Å²) in [7, 11) is 1.61. The summed E-state index contributed by atoms with van der Waals surface area (Å²) in [5.41, 5.74) is -0.0267. The number of methoxy groups -OCH3 is 1. The first-order valence-electron chi connectivity index (χ1n) is 7.81. The lowest BCUT2D eigenvalue weighted by Crippen LogP contribution is -2.38. The average Bonchev–Trinajstić information content (AvgIpc) is 3.07. The molecule has 0 spiro atoms. The molecule has 1 fully saturated rings. The molecule has 2 heterocycles. The van der Waals surface area contributed by atoms with Crippen molar-refractivity contribution in [3.8, 4) is 5.75 Å². The van der Waals surface area contributed by atoms with Gasteiger partial charge >= 0.3 is 5.69 Å². The van der Waals surface area contributed by atoms with Crippen molar-refractivity contribution < 1.29 is 9.53 Å². The van der Waals surface area contributed by atoms with Crippen LogP contribution in [0.25, 0.3) is 0 Å². The standard InChI is InChI=1S/C17H19N3O4/c1-24-13-5-2-4-12(10-13)14-6-3-8-20(14)16(22)11-19-9-7-15(21)18-17(19)23/h2,4-5,7,9-10,14H,3,6,8,11H2,1H3,(H,18,21,23)/t14-/m1/s1. The van der Waals surface area contributed by atoms with Gasteiger partial charge in [-0.05, 0) is 30.5 Å². The number of carbonyl (C=O) groups excluding carboxylic acids is 1. The third-order valence-electron chi connectivity index (χ3n) is 4.25. The van der Waals surface area contributed by atoms with Crippen LogP contribution in [-0.4, -0.2) is 34.0 Å². The van der Waals surface area contributed by atoms with Crippen molar-refractivity contribution in [1.82, 2.24) is 14.5 Å². The van der Waals surface area contributed by atoms with Crippen molar-refractivity contribution in [2.24, 2.45) is 0 Å². The number of amides is 1. The van der Waals surface area contributed by atoms with Crippen LogP contribution in [0.4, 0.5) is 0 Å². The van der Waals surface area contributed by atoms with Crippen LogP contribution < -0.4 is 16.0 Å². The number of nitrogens with zero attached hydrogens (tertiary/aromatic N) is 2. The summed E-state index contributed by atoms with van der Waals surface area (Å²) in [6, 6.07) is 8.89. The monoisotopic (exact) mass is 329 g/mol. The van der Waals surface area contributed by atoms with Gasteiger partial charge in [-0.15, -0.1) is 0 Å². The highest BCUT2D eigenvalue weighted by atomic mass is 16.5. The highest BCUT2D eigenvalue weighted by Gasteiger charge is 2.30. The molecule has 0 aliphatic carbocycles. The fourth-order valence-corrected chi connectivity index (χ4v) is 3.07. The molecule has 0 saturated carbocycles. The highest BCUT2D eigenvalue weighted by molar-refractivity contribution is 5.77. The van der Waals surface area contributed by atoms with E-state index < -0.39 is 11.2 Å². The van der Waals surface area contributed by atoms with Crippen LogP contribution in [0.3, 0.4) is 0 Å². The van der Waals surface area contributed by atoms with Crippen LogP contribution in [0.15, 0.2) is 46.1 Å². The molecule has 1 saturated heterocycles. The minimum atomic E-state index is -0.576. The van der Waals surface area contributed by atoms with Gasteiger partial charge in [0.05, 0.1) is 13.2 Å². The number of carbonyl (C=O) groups is 1. The second kappa shape index (κ2) is 6.74. The van der Waals surface area contributed by atoms with E-state index in [1.807, 2.05) is 24.3 Å². The molecule has 2 aromatic rings. The Morgan fingerprint density at radius 2 is 2.17 bits per heavy atom. The summed E-state index contributed by atoms with van der Waals surface area (Å²) >= 11 is 0. The van der Waals surface area contributed by atoms with E-state index in [0.717, 1.165) is 24.2 Å². The van der Waals surface area contributed by atoms with E-state index in [9.17, 15) is 14.4 Å². The van der Waals surface area contributed by atoms with Crippen LogP contribution in [0.5, 0.6) is 5.75 Å². The molecule has 0 bridgehead atoms. The molecule has 7 nitrogen and oxygen atoms in total. The third-order valence-corrected chi connectivity index (χ3v) is 4.25. The largest absolute Gasteiger partial charge is 0.497 e. The average molecular weight is 329 g/mol. The molecule has 3 rings (SSSR count). The van der Waals surface area contributed by atoms with Gasteiger partial charge in [-0.2, -0.15) is 0 Å². The first kappa shape index (κ1) is 16.0. The molecule has 1 aromatic carbocycles. The van der Waals surface area contributed by atoms with E-state index in [4.69, 9.17) is 4.74 Å². The van der Waals surface area contributed by atoms with Crippen LogP contribution in [-0.2, 0) is 11.3 Å². The van der Waals surface area contributed by atoms with E-state index in [1.54, 1.807) is 12.0 Å². The molecule has 0 radical (unpaired) electrons. The van der Waals surface area contributed by atoms with Crippen LogP contribution >= 0.6 is 0 Å². The first-order valence-corrected chi connectivity index (χ1v) is 7.81. The first-order chi connectivity index (χ1) is 11.6. The van der Waals surface area contributed by atoms with Gasteiger partial charge in [0.2, 0.25) is 5.91 Å². The van der Waals surface area contributed by atoms with Gasteiger partial charge in [0.15, 0.2) is 0 Å². The maximum atomic E-state index is 12.6. The number of hydrogen-bond donors (Lipinski definition) is 1. The van der Waals surface area contributed by atoms with Crippen LogP contribution in [0.2, 0.25) is 0 Å². The Bertz CT molecular complexity index is 855. The molecule has 1 aliphatic heterocycles. The Morgan fingerprint density at radius 1 is 1.33 bits per heavy atom. The van der Waals surface area contributed by atoms with Crippen molar-refractivity contribution in [1.29, 1.82) is 0 Å². The van der Waals surface area contributed by atoms with Crippen molar-refractivity contribution in [3.63, 3.8) is 0 Å². The summed E-state index contributed by atoms with van der Waals surface area (Å²) in [5.74, 6) is 0.609. The quantitative estimate of drug-likeness (QED) is 0.903. The van der Waals surface area contributed by atoms with Crippen molar-refractivity contribution in [2.75, 3.05) is 13.7 Å². The van der Waals surface area contributed by atoms with Crippen molar-refractivity contribution >= 4 is 5.91 Å². The number of aromatic nitrogens is 2. The number of H-pyrrole nitrogens is 1. The summed E-state index contributed by atoms with van der Waals surface area (Å²) in [6.45, 7) is 0.564. The predicted octanol–water partition coefficient (Wildman–Crippen LogP) is 0.909. The lowest BCUT2D eigenvalue weighted by molar-refractivity contribution is -0.132. The molecular formula is C17H19N3O4. The summed E-state index contributed by atoms with van der Waals surface area (Å²) in [6.07, 6.45) is 3.13. The van der Waals surface area contributed by atoms with E-state index in [0.29, 0.717) is 6.54 Å². The van der Waals surface area contributed by atoms with Crippen LogP contribution in [0.1, 0.15) is 24.4 Å². The molecule has 24 heavy (non-hydrogen) atoms. The van der Waals surface area contributed by atoms with Gasteiger partial charge in [-0.3, -0.25) is 19.1 Å². The molecular weight excluding hydrogens is 310 g/mol. The minimum absolute atomic E-state index is 0.0222. The zero-order valence-electron chi connectivity index (χ0n) is 13.4. The summed E-state index contributed by atoms with van der Waals surface area (Å²) < 4.78 is 6.46. The Morgan fingerprint density at radius 3 is 2.92 bits per heavy atom. The second-order valence-electron chi connectivity index (χ2n) is 5.76. The molecule has 1 aromatic heterocycles. The Balaban J connectivity index is 1.80. The normalized spacial score (nSPS) is 17.0. The van der Waals surface area contributed by atoms with Gasteiger partial charge in [0, 0.05) is 18.8 Å². The number of nitrogens with one attached hydrogen (secondary N) is 1. The number of ether oxygens (including phenoxy) is 1. The predicted molar refractivity (Wildman–Crippen MR) is 88.0 cm³/mol. The zero-order chi connectivity index (χ0) is 17.1. The van der Waals surface area contributed by atoms with E-state index in [-0.39, 0.29) is 18.5 Å². The van der Waals surface area contributed by atoms with Gasteiger partial charge in [0.25, 0.3) is 5.56 Å². The van der Waals surface area contributed by atoms with E-state index >= 15 is 0 Å². The van der Waals surface area contributed by atoms with E-state index in [1.165, 1.54) is 16.8 Å². The smallest absolute Gasteiger partial charge is 0.328 e. The Labute approximate surface area is 138 Å². The zero-order valence-corrected chi connectivity index (χ0v) is 13.4. The molecule has 1 aliphatic rings. The van der Waals surface area contributed by atoms with Gasteiger partial charge in [-0.1, -0.05) is 12.1 Å². The van der Waals surface area contributed by atoms with Crippen molar-refractivity contribution in [2.45, 2.75) is 25.4 Å². The number of benzene rings is 1. The third kappa shape index (κ3) is 3.24. The highest BCUT2D eigenvalue weighted by Crippen LogP contribution is 2.33. The number of hydrogen-bond acceptors (Lipinski definition) is 4. The summed E-state index contributed by atoms with van der Waals surface area (Å²) in [5, 5.41) is 0. The Hall–Kier alpha value is -2.83. The van der Waals surface area contributed by atoms with Gasteiger partial charge < -0.3 is 9.64 Å². The SMILES string of the molecule is COc1cccc([C@H]2CCCN2C(=O)Cn2ccc(=O)[nH]c2=O)c1. The molecule has 1 amide bonds. The van der Waals surface area contributed by atoms with Crippen molar-refractivity contribution in [3.05, 3.63) is 62.9 Å². The lowest BCUT2D eigenvalue weighted by atomic mass is 10.0. The maximum absolute atomic E-state index is 12.6. The molecule has 1 N–H and O–H groups in total. The fourth-order valence-electron chi connectivity index (χ4n) is 3.07. The summed E-state index contributed by atoms with van der Waals surface area (Å²) in [4.78, 5) is 39.4. The fraction of sp³-hybridized carbons (Fsp3) is 0.353. The maximum Gasteiger partial charge on any atom is 0.328 e. The topological polar surface area (TPSA) is 84.4 Å². The lowest BCUT2D eigenvalue weighted by Gasteiger charge is -2.25. The van der Waals surface area contributed by atoms with Gasteiger partial charge in [0.1, 0.15) is 12.3 Å². The van der Waals surface area contributed by atoms with E-state index in [2.05, 4.69) is 4.98 Å². The number of aromatic amines is 1. The van der Waals surface area contributed by atoms with Gasteiger partial charge in [-0.25, -0.2) is 4.79 Å². The number of likely N-dealkylation sites (tertiary alicyclic amines) is 1. The van der Waals surface area contributed by atoms with Crippen LogP contribution in [0, 0.1) is 0 Å². The second-order valence-corrected chi connectivity index (χ2v) is 5.76.